The molecule has 3 aliphatic heterocycles. The van der Waals surface area contributed by atoms with Crippen molar-refractivity contribution in [1.82, 2.24) is 10.2 Å². The van der Waals surface area contributed by atoms with Crippen molar-refractivity contribution >= 4 is 24.8 Å². The Kier molecular flexibility index (Phi) is 8.14. The van der Waals surface area contributed by atoms with E-state index in [2.05, 4.69) is 10.2 Å². The van der Waals surface area contributed by atoms with Crippen LogP contribution in [-0.2, 0) is 4.74 Å². The van der Waals surface area contributed by atoms with Gasteiger partial charge in [0.25, 0.3) is 0 Å². The average Bonchev–Trinajstić information content (AvgIpc) is 2.41. The molecule has 0 saturated carbocycles. The molecule has 3 aliphatic rings. The summed E-state index contributed by atoms with van der Waals surface area (Å²) in [4.78, 5) is 2.77. The van der Waals surface area contributed by atoms with E-state index in [0.29, 0.717) is 5.41 Å². The Balaban J connectivity index is 0.000001000. The van der Waals surface area contributed by atoms with Gasteiger partial charge in [-0.1, -0.05) is 0 Å². The molecule has 3 nitrogen and oxygen atoms in total. The van der Waals surface area contributed by atoms with Gasteiger partial charge in [0.05, 0.1) is 0 Å². The predicted octanol–water partition coefficient (Wildman–Crippen LogP) is 2.72. The minimum Gasteiger partial charge on any atom is -0.381 e. The average molecular weight is 325 g/mol. The summed E-state index contributed by atoms with van der Waals surface area (Å²) in [6, 6.07) is 0. The van der Waals surface area contributed by atoms with Crippen LogP contribution in [0.4, 0.5) is 0 Å². The summed E-state index contributed by atoms with van der Waals surface area (Å²) >= 11 is 0. The van der Waals surface area contributed by atoms with Crippen LogP contribution in [0.2, 0.25) is 0 Å². The molecule has 0 aromatic rings. The molecule has 0 bridgehead atoms. The quantitative estimate of drug-likeness (QED) is 0.845. The Morgan fingerprint density at radius 2 is 1.75 bits per heavy atom. The number of rotatable bonds is 2. The van der Waals surface area contributed by atoms with Gasteiger partial charge in [0.15, 0.2) is 0 Å². The molecule has 0 radical (unpaired) electrons. The smallest absolute Gasteiger partial charge is 0.0469 e. The van der Waals surface area contributed by atoms with Crippen LogP contribution in [0.1, 0.15) is 38.5 Å². The summed E-state index contributed by atoms with van der Waals surface area (Å²) < 4.78 is 5.47. The SMILES string of the molecule is C1CN(CC2CCOCC2)CC2(C1)CCNCC2.Cl.Cl. The minimum atomic E-state index is 0. The molecular formula is C15H30Cl2N2O. The van der Waals surface area contributed by atoms with E-state index in [9.17, 15) is 0 Å². The van der Waals surface area contributed by atoms with Crippen molar-refractivity contribution in [3.63, 3.8) is 0 Å². The number of ether oxygens (including phenoxy) is 1. The van der Waals surface area contributed by atoms with Crippen LogP contribution in [-0.4, -0.2) is 50.8 Å². The van der Waals surface area contributed by atoms with Gasteiger partial charge in [0, 0.05) is 26.3 Å². The summed E-state index contributed by atoms with van der Waals surface area (Å²) in [6.07, 6.45) is 8.26. The van der Waals surface area contributed by atoms with E-state index in [0.717, 1.165) is 19.1 Å². The second kappa shape index (κ2) is 8.79. The highest BCUT2D eigenvalue weighted by Crippen LogP contribution is 2.38. The van der Waals surface area contributed by atoms with Crippen molar-refractivity contribution in [1.29, 1.82) is 0 Å². The van der Waals surface area contributed by atoms with Crippen LogP contribution in [0.25, 0.3) is 0 Å². The highest BCUT2D eigenvalue weighted by molar-refractivity contribution is 5.85. The Morgan fingerprint density at radius 1 is 1.05 bits per heavy atom. The number of hydrogen-bond acceptors (Lipinski definition) is 3. The van der Waals surface area contributed by atoms with Crippen LogP contribution in [0.3, 0.4) is 0 Å². The summed E-state index contributed by atoms with van der Waals surface area (Å²) in [6.45, 7) is 8.51. The van der Waals surface area contributed by atoms with Gasteiger partial charge in [-0.2, -0.15) is 0 Å². The molecular weight excluding hydrogens is 295 g/mol. The number of hydrogen-bond donors (Lipinski definition) is 1. The lowest BCUT2D eigenvalue weighted by atomic mass is 9.72. The second-order valence-electron chi connectivity index (χ2n) is 6.64. The lowest BCUT2D eigenvalue weighted by molar-refractivity contribution is 0.0199. The van der Waals surface area contributed by atoms with Crippen LogP contribution in [0.15, 0.2) is 0 Å². The van der Waals surface area contributed by atoms with E-state index in [1.165, 1.54) is 71.2 Å². The molecule has 1 N–H and O–H groups in total. The van der Waals surface area contributed by atoms with Crippen molar-refractivity contribution < 1.29 is 4.74 Å². The molecule has 1 spiro atoms. The molecule has 3 rings (SSSR count). The molecule has 0 amide bonds. The van der Waals surface area contributed by atoms with E-state index >= 15 is 0 Å². The van der Waals surface area contributed by atoms with Crippen LogP contribution in [0, 0.1) is 11.3 Å². The first kappa shape index (κ1) is 18.5. The fourth-order valence-electron chi connectivity index (χ4n) is 4.13. The predicted molar refractivity (Wildman–Crippen MR) is 88.2 cm³/mol. The maximum Gasteiger partial charge on any atom is 0.0469 e. The number of halogens is 2. The Morgan fingerprint density at radius 3 is 2.45 bits per heavy atom. The van der Waals surface area contributed by atoms with Crippen LogP contribution >= 0.6 is 24.8 Å². The van der Waals surface area contributed by atoms with Gasteiger partial charge in [-0.05, 0) is 69.5 Å². The highest BCUT2D eigenvalue weighted by Gasteiger charge is 2.36. The van der Waals surface area contributed by atoms with E-state index in [4.69, 9.17) is 4.74 Å². The van der Waals surface area contributed by atoms with Crippen molar-refractivity contribution in [2.45, 2.75) is 38.5 Å². The van der Waals surface area contributed by atoms with Gasteiger partial charge in [0.2, 0.25) is 0 Å². The van der Waals surface area contributed by atoms with Gasteiger partial charge < -0.3 is 15.0 Å². The van der Waals surface area contributed by atoms with Crippen LogP contribution in [0.5, 0.6) is 0 Å². The Hall–Kier alpha value is 0.460. The molecule has 0 aromatic heterocycles. The monoisotopic (exact) mass is 324 g/mol. The number of likely N-dealkylation sites (tertiary alicyclic amines) is 1. The molecule has 0 unspecified atom stereocenters. The molecule has 3 saturated heterocycles. The maximum atomic E-state index is 5.47. The number of nitrogens with zero attached hydrogens (tertiary/aromatic N) is 1. The van der Waals surface area contributed by atoms with Gasteiger partial charge in [-0.25, -0.2) is 0 Å². The normalized spacial score (nSPS) is 27.6. The minimum absolute atomic E-state index is 0. The first-order valence-corrected chi connectivity index (χ1v) is 7.87. The molecule has 3 fully saturated rings. The van der Waals surface area contributed by atoms with Crippen molar-refractivity contribution in [3.8, 4) is 0 Å². The number of nitrogens with one attached hydrogen (secondary N) is 1. The molecule has 0 atom stereocenters. The molecule has 3 heterocycles. The van der Waals surface area contributed by atoms with E-state index in [-0.39, 0.29) is 24.8 Å². The van der Waals surface area contributed by atoms with Crippen molar-refractivity contribution in [2.75, 3.05) is 45.9 Å². The Bertz CT molecular complexity index is 261. The van der Waals surface area contributed by atoms with Crippen molar-refractivity contribution in [3.05, 3.63) is 0 Å². The summed E-state index contributed by atoms with van der Waals surface area (Å²) in [5.41, 5.74) is 0.661. The van der Waals surface area contributed by atoms with Crippen molar-refractivity contribution in [2.24, 2.45) is 11.3 Å². The summed E-state index contributed by atoms with van der Waals surface area (Å²) in [5, 5.41) is 3.52. The fraction of sp³-hybridized carbons (Fsp3) is 1.00. The van der Waals surface area contributed by atoms with Crippen LogP contribution < -0.4 is 5.32 Å². The first-order chi connectivity index (χ1) is 8.86. The number of piperidine rings is 2. The molecule has 5 heteroatoms. The zero-order valence-electron chi connectivity index (χ0n) is 12.4. The zero-order valence-corrected chi connectivity index (χ0v) is 14.1. The second-order valence-corrected chi connectivity index (χ2v) is 6.64. The maximum absolute atomic E-state index is 5.47. The van der Waals surface area contributed by atoms with E-state index in [1.54, 1.807) is 0 Å². The van der Waals surface area contributed by atoms with Gasteiger partial charge in [-0.15, -0.1) is 24.8 Å². The summed E-state index contributed by atoms with van der Waals surface area (Å²) in [7, 11) is 0. The molecule has 120 valence electrons. The van der Waals surface area contributed by atoms with E-state index < -0.39 is 0 Å². The van der Waals surface area contributed by atoms with Gasteiger partial charge in [-0.3, -0.25) is 0 Å². The Labute approximate surface area is 136 Å². The third-order valence-corrected chi connectivity index (χ3v) is 5.26. The fourth-order valence-corrected chi connectivity index (χ4v) is 4.13. The topological polar surface area (TPSA) is 24.5 Å². The van der Waals surface area contributed by atoms with Gasteiger partial charge >= 0.3 is 0 Å². The summed E-state index contributed by atoms with van der Waals surface area (Å²) in [5.74, 6) is 0.899. The lowest BCUT2D eigenvalue weighted by Gasteiger charge is -2.46. The standard InChI is InChI=1S/C15H28N2O.2ClH/c1-4-15(5-7-16-8-6-15)13-17(9-1)12-14-2-10-18-11-3-14;;/h14,16H,1-13H2;2*1H. The van der Waals surface area contributed by atoms with Gasteiger partial charge in [0.1, 0.15) is 0 Å². The molecule has 20 heavy (non-hydrogen) atoms. The lowest BCUT2D eigenvalue weighted by Crippen LogP contribution is -2.49. The third kappa shape index (κ3) is 4.74. The molecule has 0 aliphatic carbocycles. The highest BCUT2D eigenvalue weighted by atomic mass is 35.5. The molecule has 0 aromatic carbocycles. The zero-order chi connectivity index (χ0) is 12.3. The van der Waals surface area contributed by atoms with E-state index in [1.807, 2.05) is 0 Å². The third-order valence-electron chi connectivity index (χ3n) is 5.26. The largest absolute Gasteiger partial charge is 0.381 e. The first-order valence-electron chi connectivity index (χ1n) is 7.87.